The third-order valence-corrected chi connectivity index (χ3v) is 4.02. The van der Waals surface area contributed by atoms with Crippen LogP contribution in [0, 0.1) is 17.5 Å². The lowest BCUT2D eigenvalue weighted by molar-refractivity contribution is 0.103. The molecule has 0 atom stereocenters. The highest BCUT2D eigenvalue weighted by Crippen LogP contribution is 2.28. The van der Waals surface area contributed by atoms with E-state index in [-0.39, 0.29) is 10.6 Å². The van der Waals surface area contributed by atoms with E-state index in [2.05, 4.69) is 5.32 Å². The van der Waals surface area contributed by atoms with Gasteiger partial charge in [0.15, 0.2) is 17.4 Å². The molecule has 0 saturated carbocycles. The third-order valence-electron chi connectivity index (χ3n) is 3.71. The maximum absolute atomic E-state index is 13.8. The molecule has 0 aliphatic heterocycles. The Bertz CT molecular complexity index is 1010. The Hall–Kier alpha value is -2.99. The second kappa shape index (κ2) is 7.09. The molecule has 0 fully saturated rings. The highest BCUT2D eigenvalue weighted by molar-refractivity contribution is 6.35. The summed E-state index contributed by atoms with van der Waals surface area (Å²) in [4.78, 5) is 12.4. The lowest BCUT2D eigenvalue weighted by atomic mass is 10.0. The molecule has 3 aromatic carbocycles. The first-order chi connectivity index (χ1) is 12.4. The number of rotatable bonds is 4. The van der Waals surface area contributed by atoms with Gasteiger partial charge in [0.05, 0.1) is 22.0 Å². The first-order valence-electron chi connectivity index (χ1n) is 7.47. The van der Waals surface area contributed by atoms with Gasteiger partial charge in [0, 0.05) is 17.3 Å². The smallest absolute Gasteiger partial charge is 0.197 e. The predicted molar refractivity (Wildman–Crippen MR) is 95.3 cm³/mol. The molecule has 3 rings (SSSR count). The number of carbonyl (C=O) groups is 1. The van der Waals surface area contributed by atoms with Crippen LogP contribution in [0.1, 0.15) is 15.9 Å². The van der Waals surface area contributed by atoms with Crippen molar-refractivity contribution in [2.75, 3.05) is 11.1 Å². The van der Waals surface area contributed by atoms with Gasteiger partial charge in [-0.25, -0.2) is 13.2 Å². The van der Waals surface area contributed by atoms with Gasteiger partial charge in [-0.05, 0) is 36.4 Å². The molecule has 0 unspecified atom stereocenters. The normalized spacial score (nSPS) is 10.6. The SMILES string of the molecule is Nc1ccccc1Nc1ccc(C(=O)c2cc(F)c(F)cc2F)c(Cl)c1. The van der Waals surface area contributed by atoms with Gasteiger partial charge in [-0.3, -0.25) is 4.79 Å². The minimum absolute atomic E-state index is 0.0265. The largest absolute Gasteiger partial charge is 0.397 e. The average molecular weight is 377 g/mol. The molecule has 0 saturated heterocycles. The molecule has 3 N–H and O–H groups in total. The Kier molecular flexibility index (Phi) is 4.86. The highest BCUT2D eigenvalue weighted by atomic mass is 35.5. The summed E-state index contributed by atoms with van der Waals surface area (Å²) < 4.78 is 40.2. The Labute approximate surface area is 152 Å². The number of ketones is 1. The number of halogens is 4. The van der Waals surface area contributed by atoms with Crippen molar-refractivity contribution >= 4 is 34.4 Å². The van der Waals surface area contributed by atoms with Crippen LogP contribution in [0.3, 0.4) is 0 Å². The van der Waals surface area contributed by atoms with E-state index in [0.717, 1.165) is 0 Å². The van der Waals surface area contributed by atoms with Gasteiger partial charge in [-0.1, -0.05) is 23.7 Å². The van der Waals surface area contributed by atoms with Gasteiger partial charge in [-0.15, -0.1) is 0 Å². The van der Waals surface area contributed by atoms with Gasteiger partial charge in [0.2, 0.25) is 0 Å². The second-order valence-electron chi connectivity index (χ2n) is 5.48. The van der Waals surface area contributed by atoms with Gasteiger partial charge >= 0.3 is 0 Å². The van der Waals surface area contributed by atoms with E-state index >= 15 is 0 Å². The van der Waals surface area contributed by atoms with Crippen molar-refractivity contribution in [3.05, 3.63) is 88.2 Å². The van der Waals surface area contributed by atoms with Crippen molar-refractivity contribution in [2.24, 2.45) is 0 Å². The van der Waals surface area contributed by atoms with Crippen molar-refractivity contribution < 1.29 is 18.0 Å². The first kappa shape index (κ1) is 17.8. The second-order valence-corrected chi connectivity index (χ2v) is 5.89. The van der Waals surface area contributed by atoms with Crippen LogP contribution in [0.5, 0.6) is 0 Å². The molecule has 0 radical (unpaired) electrons. The van der Waals surface area contributed by atoms with E-state index in [1.165, 1.54) is 12.1 Å². The van der Waals surface area contributed by atoms with Crippen molar-refractivity contribution in [1.82, 2.24) is 0 Å². The van der Waals surface area contributed by atoms with Crippen LogP contribution < -0.4 is 11.1 Å². The maximum atomic E-state index is 13.8. The zero-order valence-electron chi connectivity index (χ0n) is 13.2. The van der Waals surface area contributed by atoms with E-state index in [1.807, 2.05) is 0 Å². The van der Waals surface area contributed by atoms with E-state index in [1.54, 1.807) is 30.3 Å². The molecule has 0 aliphatic carbocycles. The predicted octanol–water partition coefficient (Wildman–Crippen LogP) is 5.31. The lowest BCUT2D eigenvalue weighted by Gasteiger charge is -2.11. The van der Waals surface area contributed by atoms with Gasteiger partial charge < -0.3 is 11.1 Å². The van der Waals surface area contributed by atoms with Crippen molar-refractivity contribution in [1.29, 1.82) is 0 Å². The van der Waals surface area contributed by atoms with Crippen LogP contribution in [0.15, 0.2) is 54.6 Å². The van der Waals surface area contributed by atoms with Crippen molar-refractivity contribution in [3.63, 3.8) is 0 Å². The van der Waals surface area contributed by atoms with E-state index in [9.17, 15) is 18.0 Å². The number of hydrogen-bond acceptors (Lipinski definition) is 3. The molecule has 0 bridgehead atoms. The molecule has 0 aromatic heterocycles. The van der Waals surface area contributed by atoms with Gasteiger partial charge in [0.25, 0.3) is 0 Å². The first-order valence-corrected chi connectivity index (χ1v) is 7.85. The molecule has 7 heteroatoms. The minimum atomic E-state index is -1.37. The lowest BCUT2D eigenvalue weighted by Crippen LogP contribution is -2.07. The number of hydrogen-bond donors (Lipinski definition) is 2. The molecule has 0 amide bonds. The standard InChI is InChI=1S/C19H12ClF3N2O/c20-13-7-10(25-18-4-2-1-3-17(18)24)5-6-11(13)19(26)12-8-15(22)16(23)9-14(12)21/h1-9,25H,24H2. The fourth-order valence-corrected chi connectivity index (χ4v) is 2.65. The summed E-state index contributed by atoms with van der Waals surface area (Å²) >= 11 is 6.12. The number of para-hydroxylation sites is 2. The average Bonchev–Trinajstić information content (AvgIpc) is 2.60. The molecule has 26 heavy (non-hydrogen) atoms. The zero-order chi connectivity index (χ0) is 18.8. The Balaban J connectivity index is 1.92. The quantitative estimate of drug-likeness (QED) is 0.368. The van der Waals surface area contributed by atoms with Crippen LogP contribution in [0.25, 0.3) is 0 Å². The Morgan fingerprint density at radius 1 is 0.885 bits per heavy atom. The van der Waals surface area contributed by atoms with Crippen molar-refractivity contribution in [3.8, 4) is 0 Å². The van der Waals surface area contributed by atoms with Gasteiger partial charge in [-0.2, -0.15) is 0 Å². The number of nitrogens with one attached hydrogen (secondary N) is 1. The summed E-state index contributed by atoms with van der Waals surface area (Å²) in [6.07, 6.45) is 0. The number of nitrogen functional groups attached to an aromatic ring is 1. The molecule has 0 heterocycles. The summed E-state index contributed by atoms with van der Waals surface area (Å²) in [5.74, 6) is -4.70. The third kappa shape index (κ3) is 3.50. The van der Waals surface area contributed by atoms with Crippen LogP contribution in [-0.2, 0) is 0 Å². The number of nitrogens with two attached hydrogens (primary N) is 1. The zero-order valence-corrected chi connectivity index (χ0v) is 13.9. The van der Waals surface area contributed by atoms with Crippen LogP contribution in [-0.4, -0.2) is 5.78 Å². The van der Waals surface area contributed by atoms with Crippen LogP contribution in [0.4, 0.5) is 30.2 Å². The van der Waals surface area contributed by atoms with Crippen LogP contribution in [0.2, 0.25) is 5.02 Å². The molecule has 3 nitrogen and oxygen atoms in total. The van der Waals surface area contributed by atoms with E-state index in [4.69, 9.17) is 17.3 Å². The molecule has 0 spiro atoms. The van der Waals surface area contributed by atoms with Crippen molar-refractivity contribution in [2.45, 2.75) is 0 Å². The number of benzene rings is 3. The van der Waals surface area contributed by atoms with E-state index < -0.39 is 28.8 Å². The maximum Gasteiger partial charge on any atom is 0.197 e. The summed E-state index contributed by atoms with van der Waals surface area (Å²) in [5.41, 5.74) is 6.93. The summed E-state index contributed by atoms with van der Waals surface area (Å²) in [5, 5.41) is 3.07. The number of anilines is 3. The van der Waals surface area contributed by atoms with E-state index in [0.29, 0.717) is 29.2 Å². The highest BCUT2D eigenvalue weighted by Gasteiger charge is 2.20. The Morgan fingerprint density at radius 2 is 1.58 bits per heavy atom. The molecule has 3 aromatic rings. The molecule has 132 valence electrons. The molecular formula is C19H12ClF3N2O. The number of carbonyl (C=O) groups excluding carboxylic acids is 1. The summed E-state index contributed by atoms with van der Waals surface area (Å²) in [6.45, 7) is 0. The molecular weight excluding hydrogens is 365 g/mol. The topological polar surface area (TPSA) is 55.1 Å². The fourth-order valence-electron chi connectivity index (χ4n) is 2.39. The van der Waals surface area contributed by atoms with Crippen LogP contribution >= 0.6 is 11.6 Å². The fraction of sp³-hybridized carbons (Fsp3) is 0. The minimum Gasteiger partial charge on any atom is -0.397 e. The molecule has 0 aliphatic rings. The summed E-state index contributed by atoms with van der Waals surface area (Å²) in [6, 6.07) is 12.3. The summed E-state index contributed by atoms with van der Waals surface area (Å²) in [7, 11) is 0. The Morgan fingerprint density at radius 3 is 2.27 bits per heavy atom. The van der Waals surface area contributed by atoms with Gasteiger partial charge in [0.1, 0.15) is 5.82 Å². The monoisotopic (exact) mass is 376 g/mol.